The molecule has 1 fully saturated rings. The number of benzene rings is 1. The van der Waals surface area contributed by atoms with Crippen LogP contribution in [0.25, 0.3) is 0 Å². The largest absolute Gasteiger partial charge is 0.508 e. The average Bonchev–Trinajstić information content (AvgIpc) is 2.11. The summed E-state index contributed by atoms with van der Waals surface area (Å²) in [5.41, 5.74) is 1.37. The van der Waals surface area contributed by atoms with Crippen molar-refractivity contribution in [2.45, 2.75) is 13.0 Å². The summed E-state index contributed by atoms with van der Waals surface area (Å²) in [6, 6.07) is 4.84. The molecule has 1 aliphatic rings. The molecular weight excluding hydrogens is 194 g/mol. The van der Waals surface area contributed by atoms with Crippen LogP contribution in [0.3, 0.4) is 0 Å². The Morgan fingerprint density at radius 2 is 2.27 bits per heavy atom. The molecule has 0 atom stereocenters. The fourth-order valence-corrected chi connectivity index (χ4v) is 1.48. The van der Waals surface area contributed by atoms with Crippen LogP contribution in [-0.4, -0.2) is 30.3 Å². The molecule has 2 rings (SSSR count). The number of carbonyl (C=O) groups is 1. The Bertz CT molecular complexity index is 385. The maximum absolute atomic E-state index is 11.7. The summed E-state index contributed by atoms with van der Waals surface area (Å²) in [4.78, 5) is 11.7. The Kier molecular flexibility index (Phi) is 2.60. The number of hydrogen-bond acceptors (Lipinski definition) is 3. The van der Waals surface area contributed by atoms with Crippen LogP contribution in [0.5, 0.6) is 5.75 Å². The normalized spacial score (nSPS) is 15.8. The van der Waals surface area contributed by atoms with Crippen molar-refractivity contribution in [1.82, 2.24) is 5.32 Å². The summed E-state index contributed by atoms with van der Waals surface area (Å²) >= 11 is 0. The molecule has 1 aliphatic heterocycles. The Balaban J connectivity index is 2.10. The summed E-state index contributed by atoms with van der Waals surface area (Å²) in [5.74, 6) is 0.0665. The number of nitrogens with one attached hydrogen (secondary N) is 1. The highest BCUT2D eigenvalue weighted by Crippen LogP contribution is 2.16. The number of hydrogen-bond donors (Lipinski definition) is 2. The van der Waals surface area contributed by atoms with Gasteiger partial charge in [-0.3, -0.25) is 4.79 Å². The zero-order valence-electron chi connectivity index (χ0n) is 8.49. The van der Waals surface area contributed by atoms with E-state index in [9.17, 15) is 9.90 Å². The first-order valence-electron chi connectivity index (χ1n) is 4.85. The van der Waals surface area contributed by atoms with Crippen molar-refractivity contribution in [3.63, 3.8) is 0 Å². The summed E-state index contributed by atoms with van der Waals surface area (Å²) < 4.78 is 4.97. The third kappa shape index (κ3) is 2.10. The van der Waals surface area contributed by atoms with E-state index in [1.807, 2.05) is 0 Å². The number of aryl methyl sites for hydroxylation is 1. The molecule has 2 N–H and O–H groups in total. The molecule has 15 heavy (non-hydrogen) atoms. The van der Waals surface area contributed by atoms with E-state index in [2.05, 4.69) is 5.32 Å². The number of ether oxygens (including phenoxy) is 1. The SMILES string of the molecule is Cc1cc(O)ccc1C(=O)NC1COC1. The van der Waals surface area contributed by atoms with E-state index in [0.29, 0.717) is 18.8 Å². The van der Waals surface area contributed by atoms with Gasteiger partial charge in [0.25, 0.3) is 5.91 Å². The molecule has 1 saturated heterocycles. The predicted molar refractivity (Wildman–Crippen MR) is 54.9 cm³/mol. The molecule has 0 radical (unpaired) electrons. The van der Waals surface area contributed by atoms with Crippen LogP contribution in [0.15, 0.2) is 18.2 Å². The van der Waals surface area contributed by atoms with E-state index in [0.717, 1.165) is 5.56 Å². The van der Waals surface area contributed by atoms with Crippen molar-refractivity contribution in [2.75, 3.05) is 13.2 Å². The second kappa shape index (κ2) is 3.90. The average molecular weight is 207 g/mol. The first kappa shape index (κ1) is 9.98. The lowest BCUT2D eigenvalue weighted by Gasteiger charge is -2.27. The molecule has 0 aromatic heterocycles. The maximum atomic E-state index is 11.7. The van der Waals surface area contributed by atoms with Crippen LogP contribution in [0.4, 0.5) is 0 Å². The maximum Gasteiger partial charge on any atom is 0.251 e. The first-order valence-corrected chi connectivity index (χ1v) is 4.85. The Morgan fingerprint density at radius 1 is 1.53 bits per heavy atom. The molecule has 4 heteroatoms. The first-order chi connectivity index (χ1) is 7.16. The van der Waals surface area contributed by atoms with Gasteiger partial charge in [0.1, 0.15) is 5.75 Å². The molecule has 1 aromatic carbocycles. The van der Waals surface area contributed by atoms with Crippen molar-refractivity contribution >= 4 is 5.91 Å². The van der Waals surface area contributed by atoms with Crippen molar-refractivity contribution < 1.29 is 14.6 Å². The van der Waals surface area contributed by atoms with Crippen molar-refractivity contribution in [2.24, 2.45) is 0 Å². The Hall–Kier alpha value is -1.55. The van der Waals surface area contributed by atoms with Gasteiger partial charge in [-0.25, -0.2) is 0 Å². The lowest BCUT2D eigenvalue weighted by Crippen LogP contribution is -2.48. The van der Waals surface area contributed by atoms with Crippen molar-refractivity contribution in [3.05, 3.63) is 29.3 Å². The summed E-state index contributed by atoms with van der Waals surface area (Å²) in [6.45, 7) is 2.97. The smallest absolute Gasteiger partial charge is 0.251 e. The third-order valence-electron chi connectivity index (χ3n) is 2.43. The highest BCUT2D eigenvalue weighted by Gasteiger charge is 2.21. The van der Waals surface area contributed by atoms with Crippen molar-refractivity contribution in [3.8, 4) is 5.75 Å². The number of rotatable bonds is 2. The molecule has 1 amide bonds. The monoisotopic (exact) mass is 207 g/mol. The molecule has 0 unspecified atom stereocenters. The van der Waals surface area contributed by atoms with Crippen LogP contribution >= 0.6 is 0 Å². The second-order valence-electron chi connectivity index (χ2n) is 3.71. The van der Waals surface area contributed by atoms with Crippen LogP contribution in [0, 0.1) is 6.92 Å². The van der Waals surface area contributed by atoms with Crippen LogP contribution in [0.1, 0.15) is 15.9 Å². The standard InChI is InChI=1S/C11H13NO3/c1-7-4-9(13)2-3-10(7)11(14)12-8-5-15-6-8/h2-4,8,13H,5-6H2,1H3,(H,12,14). The van der Waals surface area contributed by atoms with Crippen molar-refractivity contribution in [1.29, 1.82) is 0 Å². The molecule has 0 bridgehead atoms. The van der Waals surface area contributed by atoms with Gasteiger partial charge in [-0.2, -0.15) is 0 Å². The molecule has 1 heterocycles. The van der Waals surface area contributed by atoms with E-state index in [1.54, 1.807) is 19.1 Å². The van der Waals surface area contributed by atoms with Crippen LogP contribution in [0.2, 0.25) is 0 Å². The van der Waals surface area contributed by atoms with Gasteiger partial charge in [-0.15, -0.1) is 0 Å². The molecule has 0 saturated carbocycles. The van der Waals surface area contributed by atoms with Gasteiger partial charge in [0.05, 0.1) is 19.3 Å². The minimum Gasteiger partial charge on any atom is -0.508 e. The lowest BCUT2D eigenvalue weighted by molar-refractivity contribution is -0.00347. The molecule has 4 nitrogen and oxygen atoms in total. The van der Waals surface area contributed by atoms with Gasteiger partial charge in [0.2, 0.25) is 0 Å². The fraction of sp³-hybridized carbons (Fsp3) is 0.364. The zero-order chi connectivity index (χ0) is 10.8. The van der Waals surface area contributed by atoms with Gasteiger partial charge in [0, 0.05) is 5.56 Å². The Morgan fingerprint density at radius 3 is 2.80 bits per heavy atom. The number of amides is 1. The highest BCUT2D eigenvalue weighted by atomic mass is 16.5. The quantitative estimate of drug-likeness (QED) is 0.755. The molecule has 80 valence electrons. The van der Waals surface area contributed by atoms with Gasteiger partial charge < -0.3 is 15.2 Å². The fourth-order valence-electron chi connectivity index (χ4n) is 1.48. The zero-order valence-corrected chi connectivity index (χ0v) is 8.49. The van der Waals surface area contributed by atoms with E-state index in [-0.39, 0.29) is 17.7 Å². The lowest BCUT2D eigenvalue weighted by atomic mass is 10.1. The number of aromatic hydroxyl groups is 1. The minimum atomic E-state index is -0.110. The Labute approximate surface area is 87.9 Å². The number of carbonyl (C=O) groups excluding carboxylic acids is 1. The van der Waals surface area contributed by atoms with Crippen LogP contribution in [-0.2, 0) is 4.74 Å². The summed E-state index contributed by atoms with van der Waals surface area (Å²) in [7, 11) is 0. The molecule has 0 aliphatic carbocycles. The summed E-state index contributed by atoms with van der Waals surface area (Å²) in [6.07, 6.45) is 0. The molecule has 1 aromatic rings. The summed E-state index contributed by atoms with van der Waals surface area (Å²) in [5, 5.41) is 12.1. The topological polar surface area (TPSA) is 58.6 Å². The molecule has 0 spiro atoms. The van der Waals surface area contributed by atoms with E-state index in [4.69, 9.17) is 4.74 Å². The van der Waals surface area contributed by atoms with E-state index in [1.165, 1.54) is 6.07 Å². The third-order valence-corrected chi connectivity index (χ3v) is 2.43. The molecular formula is C11H13NO3. The van der Waals surface area contributed by atoms with Gasteiger partial charge >= 0.3 is 0 Å². The van der Waals surface area contributed by atoms with E-state index < -0.39 is 0 Å². The predicted octanol–water partition coefficient (Wildman–Crippen LogP) is 0.829. The second-order valence-corrected chi connectivity index (χ2v) is 3.71. The minimum absolute atomic E-state index is 0.110. The van der Waals surface area contributed by atoms with Gasteiger partial charge in [-0.05, 0) is 30.7 Å². The highest BCUT2D eigenvalue weighted by molar-refractivity contribution is 5.96. The van der Waals surface area contributed by atoms with E-state index >= 15 is 0 Å². The van der Waals surface area contributed by atoms with Gasteiger partial charge in [0.15, 0.2) is 0 Å². The number of phenolic OH excluding ortho intramolecular Hbond substituents is 1. The van der Waals surface area contributed by atoms with Gasteiger partial charge in [-0.1, -0.05) is 0 Å². The number of phenols is 1. The van der Waals surface area contributed by atoms with Crippen LogP contribution < -0.4 is 5.32 Å².